The Hall–Kier alpha value is -2.30. The van der Waals surface area contributed by atoms with Crippen LogP contribution in [0.3, 0.4) is 0 Å². The number of carbonyl (C=O) groups is 1. The molecule has 1 aliphatic heterocycles. The van der Waals surface area contributed by atoms with Gasteiger partial charge in [-0.25, -0.2) is 4.68 Å². The predicted molar refractivity (Wildman–Crippen MR) is 93.2 cm³/mol. The molecule has 0 radical (unpaired) electrons. The molecule has 1 atom stereocenters. The molecule has 1 saturated carbocycles. The molecule has 1 aromatic carbocycles. The highest BCUT2D eigenvalue weighted by atomic mass is 16.2. The molecule has 1 aromatic heterocycles. The summed E-state index contributed by atoms with van der Waals surface area (Å²) in [6, 6.07) is 8.08. The van der Waals surface area contributed by atoms with Crippen molar-refractivity contribution in [3.63, 3.8) is 0 Å². The van der Waals surface area contributed by atoms with Crippen LogP contribution < -0.4 is 11.1 Å². The second-order valence-corrected chi connectivity index (χ2v) is 7.59. The standard InChI is InChI=1S/C19H22N4O/c20-17-14-11-19(8-9-19)7-5-16(14)23(22-17)18(24)13-6-10-21-15-4-2-1-3-12(13)15/h1-4,13,21H,5-11H2,(H2,20,22). The minimum atomic E-state index is -0.136. The van der Waals surface area contributed by atoms with Crippen LogP contribution in [0.15, 0.2) is 24.3 Å². The summed E-state index contributed by atoms with van der Waals surface area (Å²) in [6.07, 6.45) is 6.50. The molecule has 5 rings (SSSR count). The second kappa shape index (κ2) is 4.85. The molecule has 0 bridgehead atoms. The van der Waals surface area contributed by atoms with Gasteiger partial charge in [0.25, 0.3) is 5.91 Å². The van der Waals surface area contributed by atoms with Crippen LogP contribution in [0.1, 0.15) is 53.2 Å². The summed E-state index contributed by atoms with van der Waals surface area (Å²) in [5.41, 5.74) is 11.0. The van der Waals surface area contributed by atoms with E-state index in [0.717, 1.165) is 48.3 Å². The maximum atomic E-state index is 13.2. The van der Waals surface area contributed by atoms with Gasteiger partial charge in [-0.2, -0.15) is 0 Å². The summed E-state index contributed by atoms with van der Waals surface area (Å²) in [7, 11) is 0. The van der Waals surface area contributed by atoms with Crippen molar-refractivity contribution in [2.24, 2.45) is 5.41 Å². The number of hydrogen-bond donors (Lipinski definition) is 2. The fourth-order valence-electron chi connectivity index (χ4n) is 4.46. The van der Waals surface area contributed by atoms with Gasteiger partial charge in [0.05, 0.1) is 11.6 Å². The summed E-state index contributed by atoms with van der Waals surface area (Å²) in [6.45, 7) is 0.815. The smallest absolute Gasteiger partial charge is 0.254 e. The van der Waals surface area contributed by atoms with E-state index in [2.05, 4.69) is 10.4 Å². The molecule has 3 aliphatic rings. The minimum absolute atomic E-state index is 0.0728. The van der Waals surface area contributed by atoms with Crippen molar-refractivity contribution >= 4 is 17.4 Å². The predicted octanol–water partition coefficient (Wildman–Crippen LogP) is 2.97. The number of benzene rings is 1. The normalized spacial score (nSPS) is 23.2. The summed E-state index contributed by atoms with van der Waals surface area (Å²) in [4.78, 5) is 13.2. The van der Waals surface area contributed by atoms with E-state index in [1.165, 1.54) is 19.3 Å². The van der Waals surface area contributed by atoms with Gasteiger partial charge in [0.15, 0.2) is 0 Å². The monoisotopic (exact) mass is 322 g/mol. The lowest BCUT2D eigenvalue weighted by atomic mass is 9.84. The first-order chi connectivity index (χ1) is 11.7. The molecule has 0 amide bonds. The first-order valence-electron chi connectivity index (χ1n) is 8.90. The number of aromatic nitrogens is 2. The van der Waals surface area contributed by atoms with Crippen molar-refractivity contribution in [3.8, 4) is 0 Å². The molecule has 2 aliphatic carbocycles. The number of nitrogens with two attached hydrogens (primary N) is 1. The van der Waals surface area contributed by atoms with Crippen LogP contribution in [0, 0.1) is 5.41 Å². The zero-order chi connectivity index (χ0) is 16.3. The quantitative estimate of drug-likeness (QED) is 0.846. The summed E-state index contributed by atoms with van der Waals surface area (Å²) >= 11 is 0. The van der Waals surface area contributed by atoms with Crippen molar-refractivity contribution in [2.75, 3.05) is 17.6 Å². The number of nitrogens with one attached hydrogen (secondary N) is 1. The van der Waals surface area contributed by atoms with E-state index in [9.17, 15) is 4.79 Å². The molecule has 1 fully saturated rings. The Labute approximate surface area is 141 Å². The third-order valence-electron chi connectivity index (χ3n) is 6.11. The van der Waals surface area contributed by atoms with Crippen molar-refractivity contribution in [1.82, 2.24) is 9.78 Å². The lowest BCUT2D eigenvalue weighted by Gasteiger charge is -2.27. The largest absolute Gasteiger partial charge is 0.385 e. The highest BCUT2D eigenvalue weighted by Crippen LogP contribution is 2.55. The van der Waals surface area contributed by atoms with Gasteiger partial charge in [-0.05, 0) is 55.6 Å². The van der Waals surface area contributed by atoms with Crippen LogP contribution >= 0.6 is 0 Å². The molecule has 24 heavy (non-hydrogen) atoms. The van der Waals surface area contributed by atoms with Crippen LogP contribution in [0.5, 0.6) is 0 Å². The average Bonchev–Trinajstić information content (AvgIpc) is 3.29. The SMILES string of the molecule is Nc1nn(C(=O)C2CCNc3ccccc32)c2c1CC1(CC2)CC1. The average molecular weight is 322 g/mol. The molecular weight excluding hydrogens is 300 g/mol. The zero-order valence-electron chi connectivity index (χ0n) is 13.7. The van der Waals surface area contributed by atoms with E-state index in [0.29, 0.717) is 11.2 Å². The number of para-hydroxylation sites is 1. The van der Waals surface area contributed by atoms with Gasteiger partial charge in [0, 0.05) is 17.8 Å². The van der Waals surface area contributed by atoms with E-state index in [1.54, 1.807) is 4.68 Å². The Morgan fingerprint density at radius 3 is 2.96 bits per heavy atom. The molecular formula is C19H22N4O. The molecule has 124 valence electrons. The fourth-order valence-corrected chi connectivity index (χ4v) is 4.46. The number of nitrogen functional groups attached to an aromatic ring is 1. The Morgan fingerprint density at radius 2 is 2.12 bits per heavy atom. The van der Waals surface area contributed by atoms with Gasteiger partial charge in [-0.15, -0.1) is 5.10 Å². The zero-order valence-corrected chi connectivity index (χ0v) is 13.7. The lowest BCUT2D eigenvalue weighted by Crippen LogP contribution is -2.29. The number of hydrogen-bond acceptors (Lipinski definition) is 4. The van der Waals surface area contributed by atoms with E-state index in [-0.39, 0.29) is 11.8 Å². The molecule has 3 N–H and O–H groups in total. The van der Waals surface area contributed by atoms with Crippen molar-refractivity contribution in [3.05, 3.63) is 41.1 Å². The van der Waals surface area contributed by atoms with Gasteiger partial charge < -0.3 is 11.1 Å². The van der Waals surface area contributed by atoms with Crippen LogP contribution in [0.25, 0.3) is 0 Å². The highest BCUT2D eigenvalue weighted by molar-refractivity contribution is 5.89. The maximum absolute atomic E-state index is 13.2. The summed E-state index contributed by atoms with van der Waals surface area (Å²) in [5, 5.41) is 7.84. The summed E-state index contributed by atoms with van der Waals surface area (Å²) in [5.74, 6) is 0.498. The van der Waals surface area contributed by atoms with Gasteiger partial charge in [0.1, 0.15) is 5.82 Å². The topological polar surface area (TPSA) is 72.9 Å². The van der Waals surface area contributed by atoms with Crippen molar-refractivity contribution in [1.29, 1.82) is 0 Å². The van der Waals surface area contributed by atoms with E-state index in [1.807, 2.05) is 24.3 Å². The van der Waals surface area contributed by atoms with Gasteiger partial charge in [-0.3, -0.25) is 4.79 Å². The number of carbonyl (C=O) groups excluding carboxylic acids is 1. The third-order valence-corrected chi connectivity index (χ3v) is 6.11. The van der Waals surface area contributed by atoms with Crippen LogP contribution in [-0.4, -0.2) is 22.2 Å². The third kappa shape index (κ3) is 2.00. The molecule has 1 unspecified atom stereocenters. The molecule has 5 heteroatoms. The molecule has 1 spiro atoms. The molecule has 2 heterocycles. The Bertz CT molecular complexity index is 834. The first-order valence-corrected chi connectivity index (χ1v) is 8.90. The number of fused-ring (bicyclic) bond motifs is 2. The second-order valence-electron chi connectivity index (χ2n) is 7.59. The van der Waals surface area contributed by atoms with E-state index >= 15 is 0 Å². The summed E-state index contributed by atoms with van der Waals surface area (Å²) < 4.78 is 1.63. The van der Waals surface area contributed by atoms with Crippen LogP contribution in [-0.2, 0) is 12.8 Å². The number of anilines is 2. The van der Waals surface area contributed by atoms with Crippen LogP contribution in [0.2, 0.25) is 0 Å². The Kier molecular flexibility index (Phi) is 2.84. The molecule has 0 saturated heterocycles. The van der Waals surface area contributed by atoms with E-state index < -0.39 is 0 Å². The lowest BCUT2D eigenvalue weighted by molar-refractivity contribution is 0.0851. The minimum Gasteiger partial charge on any atom is -0.385 e. The molecule has 5 nitrogen and oxygen atoms in total. The van der Waals surface area contributed by atoms with Gasteiger partial charge in [0.2, 0.25) is 0 Å². The fraction of sp³-hybridized carbons (Fsp3) is 0.474. The van der Waals surface area contributed by atoms with Crippen molar-refractivity contribution < 1.29 is 4.79 Å². The van der Waals surface area contributed by atoms with Gasteiger partial charge >= 0.3 is 0 Å². The Morgan fingerprint density at radius 1 is 1.29 bits per heavy atom. The van der Waals surface area contributed by atoms with E-state index in [4.69, 9.17) is 5.73 Å². The first kappa shape index (κ1) is 14.1. The maximum Gasteiger partial charge on any atom is 0.254 e. The molecule has 2 aromatic rings. The Balaban J connectivity index is 1.53. The van der Waals surface area contributed by atoms with Crippen molar-refractivity contribution in [2.45, 2.75) is 44.4 Å². The van der Waals surface area contributed by atoms with Gasteiger partial charge in [-0.1, -0.05) is 18.2 Å². The number of rotatable bonds is 1. The number of nitrogens with zero attached hydrogens (tertiary/aromatic N) is 2. The van der Waals surface area contributed by atoms with Crippen LogP contribution in [0.4, 0.5) is 11.5 Å². The highest BCUT2D eigenvalue weighted by Gasteiger charge is 2.47.